The number of nitrogens with zero attached hydrogens (tertiary/aromatic N) is 2. The van der Waals surface area contributed by atoms with Crippen LogP contribution in [-0.2, 0) is 14.4 Å². The van der Waals surface area contributed by atoms with Gasteiger partial charge < -0.3 is 0 Å². The van der Waals surface area contributed by atoms with Gasteiger partial charge in [-0.1, -0.05) is 0 Å². The molecule has 4 aromatic rings. The van der Waals surface area contributed by atoms with Gasteiger partial charge in [-0.2, -0.15) is 0 Å². The second-order valence-electron chi connectivity index (χ2n) is 11.0. The molecule has 0 atom stereocenters. The predicted octanol–water partition coefficient (Wildman–Crippen LogP) is 7.99. The first-order chi connectivity index (χ1) is 17.2. The number of halogens is 2. The Bertz CT molecular complexity index is 1470. The van der Waals surface area contributed by atoms with Crippen molar-refractivity contribution in [3.8, 4) is 16.9 Å². The molecule has 202 valence electrons. The number of fused-ring (bicyclic) bond motifs is 4. The Morgan fingerprint density at radius 3 is 1.66 bits per heavy atom. The number of hydrogen-bond donors (Lipinski definition) is 0. The van der Waals surface area contributed by atoms with Crippen molar-refractivity contribution in [2.24, 2.45) is 0 Å². The molecule has 0 saturated carbocycles. The summed E-state index contributed by atoms with van der Waals surface area (Å²) in [5, 5.41) is 2.50. The first-order valence-corrected chi connectivity index (χ1v) is 20.8. The molecule has 0 fully saturated rings. The third-order valence-corrected chi connectivity index (χ3v) is 24.7. The van der Waals surface area contributed by atoms with E-state index < -0.39 is 14.4 Å². The van der Waals surface area contributed by atoms with Crippen LogP contribution in [-0.4, -0.2) is 35.8 Å². The fourth-order valence-corrected chi connectivity index (χ4v) is 15.6. The minimum Gasteiger partial charge on any atom is -0.147 e. The van der Waals surface area contributed by atoms with Crippen LogP contribution >= 0.6 is 24.8 Å². The molecule has 0 saturated heterocycles. The number of hydrogen-bond acceptors (Lipinski definition) is 3. The number of rotatable bonds is 7. The normalized spacial score (nSPS) is 12.7. The third kappa shape index (κ3) is 5.02. The molecule has 3 nitrogen and oxygen atoms in total. The average molecular weight is 604 g/mol. The van der Waals surface area contributed by atoms with E-state index in [1.54, 1.807) is 0 Å². The van der Waals surface area contributed by atoms with Crippen LogP contribution in [0.25, 0.3) is 21.9 Å². The van der Waals surface area contributed by atoms with Gasteiger partial charge >= 0.3 is 220 Å². The Labute approximate surface area is 243 Å². The van der Waals surface area contributed by atoms with Crippen LogP contribution in [0.2, 0.25) is 9.45 Å². The summed E-state index contributed by atoms with van der Waals surface area (Å²) in [4.78, 5) is 4.43. The molecular weight excluding hydrogens is 563 g/mol. The Morgan fingerprint density at radius 1 is 0.684 bits per heavy atom. The Morgan fingerprint density at radius 2 is 1.18 bits per heavy atom. The molecule has 0 aliphatic heterocycles. The van der Waals surface area contributed by atoms with Gasteiger partial charge in [0.2, 0.25) is 0 Å². The fourth-order valence-electron chi connectivity index (χ4n) is 5.99. The molecule has 0 spiro atoms. The maximum absolute atomic E-state index is 7.47. The molecule has 7 heteroatoms. The molecule has 0 N–H and O–H groups in total. The van der Waals surface area contributed by atoms with Crippen molar-refractivity contribution in [3.05, 3.63) is 90.0 Å². The second-order valence-corrected chi connectivity index (χ2v) is 27.4. The predicted molar refractivity (Wildman–Crippen MR) is 171 cm³/mol. The van der Waals surface area contributed by atoms with Gasteiger partial charge in [-0.3, -0.25) is 0 Å². The number of anilines is 2. The van der Waals surface area contributed by atoms with Crippen molar-refractivity contribution < 1.29 is 17.7 Å². The largest absolute Gasteiger partial charge is 0.147 e. The van der Waals surface area contributed by atoms with Crippen molar-refractivity contribution in [1.82, 2.24) is 0 Å². The van der Waals surface area contributed by atoms with Crippen LogP contribution in [0.4, 0.5) is 11.4 Å². The summed E-state index contributed by atoms with van der Waals surface area (Å²) in [5.41, 5.74) is 8.14. The monoisotopic (exact) mass is 602 g/mol. The van der Waals surface area contributed by atoms with Gasteiger partial charge in [0.15, 0.2) is 0 Å². The maximum atomic E-state index is 7.47. The van der Waals surface area contributed by atoms with Crippen molar-refractivity contribution >= 4 is 54.6 Å². The van der Waals surface area contributed by atoms with E-state index >= 15 is 0 Å². The summed E-state index contributed by atoms with van der Waals surface area (Å²) in [5.74, 6) is 1.02. The Hall–Kier alpha value is -1.95. The van der Waals surface area contributed by atoms with E-state index in [1.807, 2.05) is 0 Å². The molecule has 4 aromatic carbocycles. The van der Waals surface area contributed by atoms with Gasteiger partial charge in [0.1, 0.15) is 0 Å². The SMILES string of the molecule is C[CH2][Ti](=[SiH2])([CH2]C)([O]c1ccc2ccccc2c1)[CH]1c2cc(N(C)C)ccc2-c2ccc(N(C)C)cc21.Cl.Cl. The van der Waals surface area contributed by atoms with Gasteiger partial charge in [0.25, 0.3) is 0 Å². The molecule has 0 heterocycles. The topological polar surface area (TPSA) is 15.7 Å². The summed E-state index contributed by atoms with van der Waals surface area (Å²) in [7, 11) is 10.8. The number of benzene rings is 4. The van der Waals surface area contributed by atoms with Gasteiger partial charge in [0, 0.05) is 0 Å². The minimum absolute atomic E-state index is 0. The zero-order valence-electron chi connectivity index (χ0n) is 23.3. The Kier molecular flexibility index (Phi) is 9.07. The molecular formula is C31H40Cl2N2OSiTi. The molecule has 0 radical (unpaired) electrons. The van der Waals surface area contributed by atoms with Crippen molar-refractivity contribution in [2.75, 3.05) is 38.0 Å². The summed E-state index contributed by atoms with van der Waals surface area (Å²) in [6.07, 6.45) is 0. The third-order valence-electron chi connectivity index (χ3n) is 8.56. The van der Waals surface area contributed by atoms with Gasteiger partial charge in [-0.25, -0.2) is 0 Å². The molecule has 1 aliphatic carbocycles. The van der Waals surface area contributed by atoms with Gasteiger partial charge in [-0.15, -0.1) is 24.8 Å². The van der Waals surface area contributed by atoms with Crippen molar-refractivity contribution in [3.63, 3.8) is 0 Å². The molecule has 38 heavy (non-hydrogen) atoms. The second kappa shape index (κ2) is 11.3. The molecule has 0 unspecified atom stereocenters. The van der Waals surface area contributed by atoms with Crippen molar-refractivity contribution in [2.45, 2.75) is 27.5 Å². The van der Waals surface area contributed by atoms with Crippen LogP contribution in [0.1, 0.15) is 29.2 Å². The standard InChI is InChI=1S/C17H19N2.C10H8O.2C2H5.2ClH.H2Si.Ti/c1-18(2)14-5-7-16-12(10-14)9-13-11-15(19(3)4)6-8-17(13)16;11-10-6-5-8-3-1-2-4-9(8)7-10;2*1-2;;;;/h5-11H,1-4H3;1-7,11H;2*1H2,2H3;2*1H;1H2;/q;;;;;;;+1/p-1. The zero-order valence-corrected chi connectivity index (χ0v) is 27.9. The van der Waals surface area contributed by atoms with Crippen LogP contribution in [0.3, 0.4) is 0 Å². The molecule has 0 bridgehead atoms. The first-order valence-electron chi connectivity index (χ1n) is 13.0. The van der Waals surface area contributed by atoms with Crippen LogP contribution < -0.4 is 13.1 Å². The van der Waals surface area contributed by atoms with E-state index in [4.69, 9.17) is 3.32 Å². The smallest absolute Gasteiger partial charge is 0.147 e. The summed E-state index contributed by atoms with van der Waals surface area (Å²) < 4.78 is 9.94. The van der Waals surface area contributed by atoms with E-state index in [2.05, 4.69) is 138 Å². The van der Waals surface area contributed by atoms with Crippen LogP contribution in [0, 0.1) is 0 Å². The zero-order chi connectivity index (χ0) is 25.7. The van der Waals surface area contributed by atoms with Crippen LogP contribution in [0.5, 0.6) is 5.75 Å². The van der Waals surface area contributed by atoms with E-state index in [9.17, 15) is 0 Å². The first kappa shape index (κ1) is 30.6. The van der Waals surface area contributed by atoms with Gasteiger partial charge in [0.05, 0.1) is 0 Å². The molecule has 5 rings (SSSR count). The fraction of sp³-hybridized carbons (Fsp3) is 0.290. The van der Waals surface area contributed by atoms with Crippen LogP contribution in [0.15, 0.2) is 78.9 Å². The summed E-state index contributed by atoms with van der Waals surface area (Å²) in [6, 6.07) is 29.3. The summed E-state index contributed by atoms with van der Waals surface area (Å²) in [6.45, 7) is 4.75. The van der Waals surface area contributed by atoms with E-state index in [-0.39, 0.29) is 24.8 Å². The average Bonchev–Trinajstić information content (AvgIpc) is 3.22. The van der Waals surface area contributed by atoms with E-state index in [1.165, 1.54) is 44.4 Å². The van der Waals surface area contributed by atoms with E-state index in [0.717, 1.165) is 15.2 Å². The molecule has 0 amide bonds. The maximum Gasteiger partial charge on any atom is -0.147 e. The Balaban J connectivity index is 0.00000200. The summed E-state index contributed by atoms with van der Waals surface area (Å²) >= 11 is -3.69. The van der Waals surface area contributed by atoms with Crippen molar-refractivity contribution in [1.29, 1.82) is 0 Å². The quantitative estimate of drug-likeness (QED) is 0.199. The molecule has 1 aliphatic rings. The minimum atomic E-state index is -3.69. The molecule has 0 aromatic heterocycles. The van der Waals surface area contributed by atoms with Gasteiger partial charge in [-0.05, 0) is 0 Å². The van der Waals surface area contributed by atoms with E-state index in [0.29, 0.717) is 4.22 Å².